The molecule has 3 rings (SSSR count). The molecule has 0 saturated heterocycles. The minimum Gasteiger partial charge on any atom is -0.399 e. The first kappa shape index (κ1) is 11.8. The van der Waals surface area contributed by atoms with Gasteiger partial charge in [-0.2, -0.15) is 4.98 Å². The van der Waals surface area contributed by atoms with Gasteiger partial charge in [0.15, 0.2) is 0 Å². The number of hydrogen-bond acceptors (Lipinski definition) is 6. The lowest BCUT2D eigenvalue weighted by atomic mass is 10.2. The molecule has 0 bridgehead atoms. The van der Waals surface area contributed by atoms with Crippen LogP contribution in [0.1, 0.15) is 0 Å². The Morgan fingerprint density at radius 1 is 1.11 bits per heavy atom. The third kappa shape index (κ3) is 2.32. The van der Waals surface area contributed by atoms with Crippen LogP contribution in [0.2, 0.25) is 0 Å². The monoisotopic (exact) mass is 317 g/mol. The summed E-state index contributed by atoms with van der Waals surface area (Å²) in [7, 11) is 0. The zero-order valence-corrected chi connectivity index (χ0v) is 11.2. The maximum Gasteiger partial charge on any atom is 0.259 e. The molecule has 0 amide bonds. The van der Waals surface area contributed by atoms with Gasteiger partial charge in [-0.3, -0.25) is 0 Å². The number of halogens is 1. The van der Waals surface area contributed by atoms with Crippen LogP contribution in [0.3, 0.4) is 0 Å². The van der Waals surface area contributed by atoms with E-state index in [0.717, 1.165) is 10.0 Å². The van der Waals surface area contributed by atoms with Crippen molar-refractivity contribution in [2.75, 3.05) is 5.73 Å². The average Bonchev–Trinajstić information content (AvgIpc) is 2.92. The molecular formula is C12H8BrN5O. The molecule has 0 radical (unpaired) electrons. The molecule has 0 spiro atoms. The highest BCUT2D eigenvalue weighted by atomic mass is 79.9. The molecule has 0 aliphatic rings. The molecule has 94 valence electrons. The summed E-state index contributed by atoms with van der Waals surface area (Å²) in [6.45, 7) is 0. The third-order valence-corrected chi connectivity index (χ3v) is 3.10. The number of nitrogens with two attached hydrogens (primary N) is 1. The number of aromatic nitrogens is 4. The van der Waals surface area contributed by atoms with Crippen molar-refractivity contribution < 1.29 is 4.52 Å². The molecule has 6 nitrogen and oxygen atoms in total. The average molecular weight is 318 g/mol. The highest BCUT2D eigenvalue weighted by Crippen LogP contribution is 2.29. The zero-order chi connectivity index (χ0) is 13.2. The van der Waals surface area contributed by atoms with E-state index < -0.39 is 0 Å². The van der Waals surface area contributed by atoms with Crippen molar-refractivity contribution in [2.45, 2.75) is 0 Å². The van der Waals surface area contributed by atoms with Crippen molar-refractivity contribution in [3.63, 3.8) is 0 Å². The summed E-state index contributed by atoms with van der Waals surface area (Å²) in [5, 5.41) is 3.86. The van der Waals surface area contributed by atoms with Gasteiger partial charge in [0, 0.05) is 22.6 Å². The molecule has 0 saturated carbocycles. The van der Waals surface area contributed by atoms with E-state index >= 15 is 0 Å². The van der Waals surface area contributed by atoms with Crippen molar-refractivity contribution in [3.05, 3.63) is 41.1 Å². The van der Waals surface area contributed by atoms with E-state index in [-0.39, 0.29) is 0 Å². The molecule has 0 fully saturated rings. The second kappa shape index (κ2) is 4.77. The van der Waals surface area contributed by atoms with Gasteiger partial charge in [0.1, 0.15) is 0 Å². The van der Waals surface area contributed by atoms with E-state index in [9.17, 15) is 0 Å². The van der Waals surface area contributed by atoms with Gasteiger partial charge in [-0.15, -0.1) is 0 Å². The first-order chi connectivity index (χ1) is 9.24. The Hall–Kier alpha value is -2.28. The van der Waals surface area contributed by atoms with Crippen LogP contribution in [0, 0.1) is 0 Å². The lowest BCUT2D eigenvalue weighted by Crippen LogP contribution is -1.89. The van der Waals surface area contributed by atoms with Gasteiger partial charge < -0.3 is 10.3 Å². The van der Waals surface area contributed by atoms with E-state index in [4.69, 9.17) is 10.3 Å². The van der Waals surface area contributed by atoms with Gasteiger partial charge in [0.25, 0.3) is 5.89 Å². The van der Waals surface area contributed by atoms with E-state index in [1.165, 1.54) is 0 Å². The van der Waals surface area contributed by atoms with Crippen LogP contribution in [0.5, 0.6) is 0 Å². The number of nitrogen functional groups attached to an aromatic ring is 1. The molecule has 19 heavy (non-hydrogen) atoms. The lowest BCUT2D eigenvalue weighted by Gasteiger charge is -1.99. The molecule has 3 aromatic rings. The van der Waals surface area contributed by atoms with Crippen molar-refractivity contribution in [2.24, 2.45) is 0 Å². The summed E-state index contributed by atoms with van der Waals surface area (Å²) in [5.74, 6) is 1.11. The Balaban J connectivity index is 2.04. The first-order valence-corrected chi connectivity index (χ1v) is 6.20. The molecule has 0 unspecified atom stereocenters. The molecule has 0 atom stereocenters. The lowest BCUT2D eigenvalue weighted by molar-refractivity contribution is 0.431. The molecule has 2 heterocycles. The fourth-order valence-electron chi connectivity index (χ4n) is 1.55. The van der Waals surface area contributed by atoms with Crippen molar-refractivity contribution in [3.8, 4) is 23.1 Å². The Morgan fingerprint density at radius 3 is 2.68 bits per heavy atom. The Bertz CT molecular complexity index is 713. The van der Waals surface area contributed by atoms with Crippen LogP contribution in [-0.2, 0) is 0 Å². The molecular weight excluding hydrogens is 310 g/mol. The molecule has 2 aromatic heterocycles. The van der Waals surface area contributed by atoms with E-state index in [2.05, 4.69) is 36.0 Å². The van der Waals surface area contributed by atoms with Gasteiger partial charge in [0.05, 0.1) is 5.56 Å². The summed E-state index contributed by atoms with van der Waals surface area (Å²) in [6, 6.07) is 7.09. The fourth-order valence-corrected chi connectivity index (χ4v) is 1.96. The SMILES string of the molecule is Nc1ccc(Br)c(-c2nc(-c3ncccn3)no2)c1. The summed E-state index contributed by atoms with van der Waals surface area (Å²) in [5.41, 5.74) is 7.10. The summed E-state index contributed by atoms with van der Waals surface area (Å²) in [4.78, 5) is 12.4. The normalized spacial score (nSPS) is 10.6. The standard InChI is InChI=1S/C12H8BrN5O/c13-9-3-2-7(14)6-8(9)12-17-11(18-19-12)10-15-4-1-5-16-10/h1-6H,14H2. The van der Waals surface area contributed by atoms with Crippen LogP contribution >= 0.6 is 15.9 Å². The first-order valence-electron chi connectivity index (χ1n) is 5.40. The van der Waals surface area contributed by atoms with Crippen LogP contribution in [0.15, 0.2) is 45.7 Å². The zero-order valence-electron chi connectivity index (χ0n) is 9.62. The molecule has 0 aliphatic heterocycles. The van der Waals surface area contributed by atoms with Gasteiger partial charge in [-0.05, 0) is 40.2 Å². The van der Waals surface area contributed by atoms with Crippen LogP contribution in [-0.4, -0.2) is 20.1 Å². The Labute approximate surface area is 116 Å². The maximum atomic E-state index is 5.75. The maximum absolute atomic E-state index is 5.75. The van der Waals surface area contributed by atoms with Gasteiger partial charge in [0.2, 0.25) is 11.6 Å². The second-order valence-electron chi connectivity index (χ2n) is 3.73. The number of rotatable bonds is 2. The highest BCUT2D eigenvalue weighted by molar-refractivity contribution is 9.10. The fraction of sp³-hybridized carbons (Fsp3) is 0. The number of nitrogens with zero attached hydrogens (tertiary/aromatic N) is 4. The Morgan fingerprint density at radius 2 is 1.89 bits per heavy atom. The minimum absolute atomic E-state index is 0.338. The topological polar surface area (TPSA) is 90.7 Å². The van der Waals surface area contributed by atoms with Crippen LogP contribution < -0.4 is 5.73 Å². The second-order valence-corrected chi connectivity index (χ2v) is 4.59. The molecule has 1 aromatic carbocycles. The summed E-state index contributed by atoms with van der Waals surface area (Å²) in [6.07, 6.45) is 3.24. The predicted molar refractivity (Wildman–Crippen MR) is 72.9 cm³/mol. The van der Waals surface area contributed by atoms with Crippen molar-refractivity contribution in [1.29, 1.82) is 0 Å². The number of anilines is 1. The number of hydrogen-bond donors (Lipinski definition) is 1. The summed E-state index contributed by atoms with van der Waals surface area (Å²) >= 11 is 3.42. The van der Waals surface area contributed by atoms with E-state index in [0.29, 0.717) is 23.2 Å². The molecule has 7 heteroatoms. The van der Waals surface area contributed by atoms with Gasteiger partial charge in [-0.1, -0.05) is 5.16 Å². The van der Waals surface area contributed by atoms with Crippen LogP contribution in [0.25, 0.3) is 23.1 Å². The minimum atomic E-state index is 0.338. The predicted octanol–water partition coefficient (Wildman–Crippen LogP) is 2.54. The quantitative estimate of drug-likeness (QED) is 0.730. The van der Waals surface area contributed by atoms with Crippen molar-refractivity contribution >= 4 is 21.6 Å². The Kier molecular flexibility index (Phi) is 2.96. The van der Waals surface area contributed by atoms with Gasteiger partial charge >= 0.3 is 0 Å². The molecule has 0 aliphatic carbocycles. The highest BCUT2D eigenvalue weighted by Gasteiger charge is 2.14. The largest absolute Gasteiger partial charge is 0.399 e. The molecule has 2 N–H and O–H groups in total. The van der Waals surface area contributed by atoms with Crippen LogP contribution in [0.4, 0.5) is 5.69 Å². The summed E-state index contributed by atoms with van der Waals surface area (Å²) < 4.78 is 6.04. The van der Waals surface area contributed by atoms with E-state index in [1.807, 2.05) is 6.07 Å². The van der Waals surface area contributed by atoms with Gasteiger partial charge in [-0.25, -0.2) is 9.97 Å². The third-order valence-electron chi connectivity index (χ3n) is 2.41. The van der Waals surface area contributed by atoms with Crippen molar-refractivity contribution in [1.82, 2.24) is 20.1 Å². The smallest absolute Gasteiger partial charge is 0.259 e. The number of benzene rings is 1. The van der Waals surface area contributed by atoms with E-state index in [1.54, 1.807) is 30.6 Å².